The normalized spacial score (nSPS) is 19.4. The van der Waals surface area contributed by atoms with E-state index < -0.39 is 0 Å². The zero-order chi connectivity index (χ0) is 19.8. The second kappa shape index (κ2) is 9.54. The lowest BCUT2D eigenvalue weighted by atomic mass is 10.1. The van der Waals surface area contributed by atoms with Crippen molar-refractivity contribution >= 4 is 36.5 Å². The van der Waals surface area contributed by atoms with Crippen LogP contribution < -0.4 is 10.6 Å². The van der Waals surface area contributed by atoms with E-state index in [1.807, 2.05) is 36.4 Å². The summed E-state index contributed by atoms with van der Waals surface area (Å²) >= 11 is 0. The van der Waals surface area contributed by atoms with Crippen LogP contribution in [0.1, 0.15) is 25.0 Å². The van der Waals surface area contributed by atoms with Gasteiger partial charge in [-0.25, -0.2) is 4.98 Å². The maximum absolute atomic E-state index is 6.02. The van der Waals surface area contributed by atoms with Crippen LogP contribution in [0, 0.1) is 0 Å². The molecule has 0 radical (unpaired) electrons. The van der Waals surface area contributed by atoms with Gasteiger partial charge >= 0.3 is 0 Å². The Balaban J connectivity index is 0.00000136. The average Bonchev–Trinajstić information content (AvgIpc) is 3.49. The smallest absolute Gasteiger partial charge is 0.226 e. The van der Waals surface area contributed by atoms with Crippen LogP contribution in [-0.4, -0.2) is 41.8 Å². The molecule has 3 heterocycles. The Morgan fingerprint density at radius 3 is 1.61 bits per heavy atom. The van der Waals surface area contributed by atoms with Gasteiger partial charge in [0.15, 0.2) is 5.76 Å². The Kier molecular flexibility index (Phi) is 7.03. The van der Waals surface area contributed by atoms with Crippen molar-refractivity contribution in [1.82, 2.24) is 15.6 Å². The van der Waals surface area contributed by atoms with Gasteiger partial charge in [-0.2, -0.15) is 0 Å². The Hall–Kier alpha value is -2.83. The zero-order valence-corrected chi connectivity index (χ0v) is 19.0. The number of hydrogen-bond donors (Lipinski definition) is 2. The highest BCUT2D eigenvalue weighted by Crippen LogP contribution is 2.27. The monoisotopic (exact) mass is 457 g/mol. The van der Waals surface area contributed by atoms with E-state index in [1.54, 1.807) is 6.20 Å². The lowest BCUT2D eigenvalue weighted by Crippen LogP contribution is -2.27. The Bertz CT molecular complexity index is 1000. The fourth-order valence-electron chi connectivity index (χ4n) is 3.56. The molecule has 2 aliphatic rings. The first kappa shape index (κ1) is 22.8. The molecule has 0 saturated carbocycles. The van der Waals surface area contributed by atoms with Gasteiger partial charge in [0, 0.05) is 34.3 Å². The maximum Gasteiger partial charge on any atom is 0.226 e. The third kappa shape index (κ3) is 4.75. The van der Waals surface area contributed by atoms with Gasteiger partial charge in [-0.1, -0.05) is 36.4 Å². The van der Waals surface area contributed by atoms with Crippen LogP contribution in [0.2, 0.25) is 0 Å². The summed E-state index contributed by atoms with van der Waals surface area (Å²) in [4.78, 5) is 13.5. The molecule has 5 rings (SSSR count). The molecule has 0 amide bonds. The van der Waals surface area contributed by atoms with E-state index in [2.05, 4.69) is 51.6 Å². The van der Waals surface area contributed by atoms with E-state index >= 15 is 0 Å². The van der Waals surface area contributed by atoms with Crippen molar-refractivity contribution in [2.75, 3.05) is 13.1 Å². The molecule has 31 heavy (non-hydrogen) atoms. The van der Waals surface area contributed by atoms with Crippen molar-refractivity contribution in [3.05, 3.63) is 65.9 Å². The van der Waals surface area contributed by atoms with Crippen LogP contribution in [0.4, 0.5) is 0 Å². The largest absolute Gasteiger partial charge is 0.436 e. The van der Waals surface area contributed by atoms with Crippen LogP contribution >= 0.6 is 24.8 Å². The molecule has 1 aromatic heterocycles. The number of rotatable bonds is 4. The standard InChI is InChI=1S/C23H23N5O.2ClH/c1-14-11-24-21(27-14)17-5-3-16(4-6-17)20-13-26-23(29-20)19-9-7-18(8-10-19)22-25-12-15(2)28-22;;/h3-10,13-15H,11-12H2,1-2H3,(H,24,27)(H,25,28);2*1H. The first-order chi connectivity index (χ1) is 14.2. The fourth-order valence-corrected chi connectivity index (χ4v) is 3.56. The van der Waals surface area contributed by atoms with Gasteiger partial charge < -0.3 is 15.1 Å². The van der Waals surface area contributed by atoms with Crippen molar-refractivity contribution in [2.45, 2.75) is 25.9 Å². The fraction of sp³-hybridized carbons (Fsp3) is 0.261. The number of nitrogens with one attached hydrogen (secondary N) is 2. The predicted molar refractivity (Wildman–Crippen MR) is 130 cm³/mol. The van der Waals surface area contributed by atoms with Crippen LogP contribution in [0.15, 0.2) is 69.1 Å². The minimum atomic E-state index is 0. The summed E-state index contributed by atoms with van der Waals surface area (Å²) in [5, 5.41) is 6.76. The van der Waals surface area contributed by atoms with Gasteiger partial charge in [0.1, 0.15) is 11.7 Å². The van der Waals surface area contributed by atoms with E-state index in [-0.39, 0.29) is 24.8 Å². The van der Waals surface area contributed by atoms with E-state index in [4.69, 9.17) is 4.42 Å². The van der Waals surface area contributed by atoms with Crippen molar-refractivity contribution in [3.8, 4) is 22.8 Å². The molecule has 162 valence electrons. The van der Waals surface area contributed by atoms with E-state index in [9.17, 15) is 0 Å². The number of nitrogens with zero attached hydrogens (tertiary/aromatic N) is 3. The molecular weight excluding hydrogens is 433 g/mol. The number of hydrogen-bond acceptors (Lipinski definition) is 6. The summed E-state index contributed by atoms with van der Waals surface area (Å²) in [6, 6.07) is 17.1. The van der Waals surface area contributed by atoms with Crippen LogP contribution in [-0.2, 0) is 0 Å². The number of oxazole rings is 1. The molecule has 0 saturated heterocycles. The molecule has 2 aliphatic heterocycles. The minimum absolute atomic E-state index is 0. The second-order valence-corrected chi connectivity index (χ2v) is 7.65. The Labute approximate surface area is 194 Å². The van der Waals surface area contributed by atoms with Crippen LogP contribution in [0.25, 0.3) is 22.8 Å². The highest BCUT2D eigenvalue weighted by Gasteiger charge is 2.16. The molecule has 0 fully saturated rings. The Morgan fingerprint density at radius 2 is 1.16 bits per heavy atom. The first-order valence-electron chi connectivity index (χ1n) is 9.95. The highest BCUT2D eigenvalue weighted by atomic mass is 35.5. The number of aliphatic imine (C=N–C) groups is 2. The summed E-state index contributed by atoms with van der Waals surface area (Å²) in [5.41, 5.74) is 4.11. The highest BCUT2D eigenvalue weighted by molar-refractivity contribution is 6.01. The van der Waals surface area contributed by atoms with Crippen LogP contribution in [0.5, 0.6) is 0 Å². The van der Waals surface area contributed by atoms with Gasteiger partial charge in [0.2, 0.25) is 5.89 Å². The first-order valence-corrected chi connectivity index (χ1v) is 9.95. The lowest BCUT2D eigenvalue weighted by Gasteiger charge is -2.06. The molecule has 2 aromatic carbocycles. The molecule has 3 aromatic rings. The summed E-state index contributed by atoms with van der Waals surface area (Å²) in [7, 11) is 0. The van der Waals surface area contributed by atoms with E-state index in [1.165, 1.54) is 0 Å². The molecule has 0 bridgehead atoms. The van der Waals surface area contributed by atoms with Crippen LogP contribution in [0.3, 0.4) is 0 Å². The number of amidine groups is 2. The van der Waals surface area contributed by atoms with Crippen molar-refractivity contribution < 1.29 is 4.42 Å². The van der Waals surface area contributed by atoms with E-state index in [0.29, 0.717) is 18.0 Å². The molecule has 0 spiro atoms. The molecule has 2 N–H and O–H groups in total. The number of halogens is 2. The van der Waals surface area contributed by atoms with Crippen molar-refractivity contribution in [1.29, 1.82) is 0 Å². The number of benzene rings is 2. The Morgan fingerprint density at radius 1 is 0.710 bits per heavy atom. The summed E-state index contributed by atoms with van der Waals surface area (Å²) in [6.07, 6.45) is 1.77. The van der Waals surface area contributed by atoms with E-state index in [0.717, 1.165) is 52.8 Å². The third-order valence-electron chi connectivity index (χ3n) is 5.17. The lowest BCUT2D eigenvalue weighted by molar-refractivity contribution is 0.589. The zero-order valence-electron chi connectivity index (χ0n) is 17.3. The quantitative estimate of drug-likeness (QED) is 0.611. The topological polar surface area (TPSA) is 74.8 Å². The molecular formula is C23H25Cl2N5O. The molecule has 8 heteroatoms. The predicted octanol–water partition coefficient (Wildman–Crippen LogP) is 4.33. The number of aromatic nitrogens is 1. The molecule has 6 nitrogen and oxygen atoms in total. The minimum Gasteiger partial charge on any atom is -0.436 e. The maximum atomic E-state index is 6.02. The van der Waals surface area contributed by atoms with Crippen molar-refractivity contribution in [3.63, 3.8) is 0 Å². The SMILES string of the molecule is CC1CN=C(c2ccc(-c3cnc(-c4ccc(C5=NCC(C)N5)cc4)o3)cc2)N1.Cl.Cl. The summed E-state index contributed by atoms with van der Waals surface area (Å²) in [5.74, 6) is 3.27. The summed E-state index contributed by atoms with van der Waals surface area (Å²) < 4.78 is 6.02. The van der Waals surface area contributed by atoms with Gasteiger partial charge in [-0.3, -0.25) is 9.98 Å². The van der Waals surface area contributed by atoms with Gasteiger partial charge in [0.05, 0.1) is 19.3 Å². The average molecular weight is 458 g/mol. The van der Waals surface area contributed by atoms with Crippen molar-refractivity contribution in [2.24, 2.45) is 9.98 Å². The molecule has 2 atom stereocenters. The molecule has 0 aliphatic carbocycles. The third-order valence-corrected chi connectivity index (χ3v) is 5.17. The second-order valence-electron chi connectivity index (χ2n) is 7.65. The summed E-state index contributed by atoms with van der Waals surface area (Å²) in [6.45, 7) is 5.90. The van der Waals surface area contributed by atoms with Gasteiger partial charge in [0.25, 0.3) is 0 Å². The van der Waals surface area contributed by atoms with Gasteiger partial charge in [-0.05, 0) is 26.0 Å². The molecule has 2 unspecified atom stereocenters. The van der Waals surface area contributed by atoms with Gasteiger partial charge in [-0.15, -0.1) is 24.8 Å².